The van der Waals surface area contributed by atoms with Crippen LogP contribution in [0.25, 0.3) is 0 Å². The molecule has 27 heavy (non-hydrogen) atoms. The van der Waals surface area contributed by atoms with E-state index in [1.807, 2.05) is 76.2 Å². The second-order valence-corrected chi connectivity index (χ2v) is 7.18. The summed E-state index contributed by atoms with van der Waals surface area (Å²) < 4.78 is 5.25. The average molecular weight is 368 g/mol. The van der Waals surface area contributed by atoms with Gasteiger partial charge in [-0.3, -0.25) is 4.79 Å². The van der Waals surface area contributed by atoms with Crippen LogP contribution >= 0.6 is 0 Å². The zero-order valence-corrected chi connectivity index (χ0v) is 16.4. The highest BCUT2D eigenvalue weighted by Gasteiger charge is 2.23. The molecule has 144 valence electrons. The monoisotopic (exact) mass is 368 g/mol. The van der Waals surface area contributed by atoms with Crippen molar-refractivity contribution in [2.45, 2.75) is 46.8 Å². The summed E-state index contributed by atoms with van der Waals surface area (Å²) in [6, 6.07) is 14.5. The summed E-state index contributed by atoms with van der Waals surface area (Å²) in [5.74, 6) is -0.00135. The third-order valence-electron chi connectivity index (χ3n) is 4.30. The third-order valence-corrected chi connectivity index (χ3v) is 4.30. The second kappa shape index (κ2) is 9.76. The molecular weight excluding hydrogens is 340 g/mol. The van der Waals surface area contributed by atoms with Crippen LogP contribution in [0.4, 0.5) is 10.5 Å². The largest absolute Gasteiger partial charge is 0.445 e. The van der Waals surface area contributed by atoms with Gasteiger partial charge >= 0.3 is 6.09 Å². The number of aryl methyl sites for hydroxylation is 2. The smallest absolute Gasteiger partial charge is 0.408 e. The van der Waals surface area contributed by atoms with E-state index < -0.39 is 12.1 Å². The molecule has 0 fully saturated rings. The van der Waals surface area contributed by atoms with Gasteiger partial charge in [0.1, 0.15) is 12.6 Å². The molecule has 1 atom stereocenters. The molecule has 2 N–H and O–H groups in total. The second-order valence-electron chi connectivity index (χ2n) is 7.18. The van der Waals surface area contributed by atoms with Gasteiger partial charge in [0, 0.05) is 5.69 Å². The zero-order valence-electron chi connectivity index (χ0n) is 16.4. The summed E-state index contributed by atoms with van der Waals surface area (Å²) in [4.78, 5) is 24.8. The zero-order chi connectivity index (χ0) is 19.8. The Bertz CT molecular complexity index is 772. The lowest BCUT2D eigenvalue weighted by Crippen LogP contribution is -2.44. The van der Waals surface area contributed by atoms with E-state index in [9.17, 15) is 9.59 Å². The standard InChI is InChI=1S/C22H28N2O3/c1-15(2)12-20(21(25)23-19-11-10-16(3)17(4)13-19)24-22(26)27-14-18-8-6-5-7-9-18/h5-11,13,15,20H,12,14H2,1-4H3,(H,23,25)(H,24,26)/t20-/m1/s1. The van der Waals surface area contributed by atoms with E-state index in [4.69, 9.17) is 4.74 Å². The topological polar surface area (TPSA) is 67.4 Å². The predicted octanol–water partition coefficient (Wildman–Crippen LogP) is 4.58. The minimum absolute atomic E-state index is 0.167. The maximum atomic E-state index is 12.7. The van der Waals surface area contributed by atoms with Crippen molar-refractivity contribution in [3.05, 3.63) is 65.2 Å². The van der Waals surface area contributed by atoms with Gasteiger partial charge in [0.15, 0.2) is 0 Å². The van der Waals surface area contributed by atoms with Gasteiger partial charge in [-0.25, -0.2) is 4.79 Å². The van der Waals surface area contributed by atoms with Crippen molar-refractivity contribution in [3.8, 4) is 0 Å². The van der Waals surface area contributed by atoms with Crippen LogP contribution in [0, 0.1) is 19.8 Å². The van der Waals surface area contributed by atoms with Crippen LogP contribution in [0.15, 0.2) is 48.5 Å². The van der Waals surface area contributed by atoms with E-state index in [1.54, 1.807) is 0 Å². The number of carbonyl (C=O) groups is 2. The van der Waals surface area contributed by atoms with Gasteiger partial charge < -0.3 is 15.4 Å². The van der Waals surface area contributed by atoms with Gasteiger partial charge in [0.25, 0.3) is 0 Å². The van der Waals surface area contributed by atoms with Gasteiger partial charge in [0.2, 0.25) is 5.91 Å². The first-order chi connectivity index (χ1) is 12.8. The molecule has 0 aliphatic heterocycles. The Morgan fingerprint density at radius 1 is 1.00 bits per heavy atom. The maximum Gasteiger partial charge on any atom is 0.408 e. The van der Waals surface area contributed by atoms with Gasteiger partial charge in [0.05, 0.1) is 0 Å². The van der Waals surface area contributed by atoms with Crippen LogP contribution in [-0.4, -0.2) is 18.0 Å². The number of hydrogen-bond donors (Lipinski definition) is 2. The Hall–Kier alpha value is -2.82. The molecule has 0 aliphatic rings. The number of carbonyl (C=O) groups excluding carboxylic acids is 2. The van der Waals surface area contributed by atoms with Crippen LogP contribution in [0.2, 0.25) is 0 Å². The molecule has 2 aromatic carbocycles. The van der Waals surface area contributed by atoms with Gasteiger partial charge in [-0.05, 0) is 55.0 Å². The molecule has 5 nitrogen and oxygen atoms in total. The van der Waals surface area contributed by atoms with Crippen LogP contribution in [0.3, 0.4) is 0 Å². The molecule has 2 amide bonds. The van der Waals surface area contributed by atoms with Crippen molar-refractivity contribution >= 4 is 17.7 Å². The SMILES string of the molecule is Cc1ccc(NC(=O)[C@@H](CC(C)C)NC(=O)OCc2ccccc2)cc1C. The molecule has 0 spiro atoms. The molecule has 0 heterocycles. The number of benzene rings is 2. The molecule has 0 bridgehead atoms. The quantitative estimate of drug-likeness (QED) is 0.751. The summed E-state index contributed by atoms with van der Waals surface area (Å²) in [5.41, 5.74) is 3.88. The number of rotatable bonds is 7. The number of hydrogen-bond acceptors (Lipinski definition) is 3. The molecule has 0 aromatic heterocycles. The molecule has 0 unspecified atom stereocenters. The fraction of sp³-hybridized carbons (Fsp3) is 0.364. The first-order valence-corrected chi connectivity index (χ1v) is 9.20. The normalized spacial score (nSPS) is 11.7. The highest BCUT2D eigenvalue weighted by atomic mass is 16.5. The van der Waals surface area contributed by atoms with Crippen molar-refractivity contribution in [1.82, 2.24) is 5.32 Å². The molecule has 5 heteroatoms. The summed E-state index contributed by atoms with van der Waals surface area (Å²) in [6.07, 6.45) is -0.0725. The highest BCUT2D eigenvalue weighted by Crippen LogP contribution is 2.15. The van der Waals surface area contributed by atoms with Crippen molar-refractivity contribution in [2.75, 3.05) is 5.32 Å². The minimum Gasteiger partial charge on any atom is -0.445 e. The number of alkyl carbamates (subject to hydrolysis) is 1. The first-order valence-electron chi connectivity index (χ1n) is 9.20. The fourth-order valence-corrected chi connectivity index (χ4v) is 2.66. The van der Waals surface area contributed by atoms with Crippen LogP contribution in [0.5, 0.6) is 0 Å². The predicted molar refractivity (Wildman–Crippen MR) is 108 cm³/mol. The van der Waals surface area contributed by atoms with Gasteiger partial charge in [-0.15, -0.1) is 0 Å². The third kappa shape index (κ3) is 6.77. The van der Waals surface area contributed by atoms with Crippen molar-refractivity contribution in [3.63, 3.8) is 0 Å². The fourth-order valence-electron chi connectivity index (χ4n) is 2.66. The number of amides is 2. The lowest BCUT2D eigenvalue weighted by molar-refractivity contribution is -0.118. The van der Waals surface area contributed by atoms with Gasteiger partial charge in [-0.1, -0.05) is 50.2 Å². The molecule has 0 saturated heterocycles. The van der Waals surface area contributed by atoms with Gasteiger partial charge in [-0.2, -0.15) is 0 Å². The summed E-state index contributed by atoms with van der Waals surface area (Å²) in [7, 11) is 0. The Morgan fingerprint density at radius 3 is 2.33 bits per heavy atom. The summed E-state index contributed by atoms with van der Waals surface area (Å²) >= 11 is 0. The lowest BCUT2D eigenvalue weighted by Gasteiger charge is -2.20. The molecular formula is C22H28N2O3. The van der Waals surface area contributed by atoms with Crippen LogP contribution in [0.1, 0.15) is 37.0 Å². The van der Waals surface area contributed by atoms with E-state index in [2.05, 4.69) is 10.6 Å². The van der Waals surface area contributed by atoms with Crippen molar-refractivity contribution < 1.29 is 14.3 Å². The molecule has 0 aliphatic carbocycles. The Morgan fingerprint density at radius 2 is 1.70 bits per heavy atom. The van der Waals surface area contributed by atoms with E-state index >= 15 is 0 Å². The van der Waals surface area contributed by atoms with E-state index in [1.165, 1.54) is 0 Å². The van der Waals surface area contributed by atoms with E-state index in [-0.39, 0.29) is 18.4 Å². The number of nitrogens with one attached hydrogen (secondary N) is 2. The molecule has 0 saturated carbocycles. The molecule has 2 rings (SSSR count). The maximum absolute atomic E-state index is 12.7. The Balaban J connectivity index is 1.97. The van der Waals surface area contributed by atoms with Crippen molar-refractivity contribution in [1.29, 1.82) is 0 Å². The summed E-state index contributed by atoms with van der Waals surface area (Å²) in [6.45, 7) is 8.20. The summed E-state index contributed by atoms with van der Waals surface area (Å²) in [5, 5.41) is 5.58. The van der Waals surface area contributed by atoms with Crippen LogP contribution in [-0.2, 0) is 16.1 Å². The molecule has 0 radical (unpaired) electrons. The highest BCUT2D eigenvalue weighted by molar-refractivity contribution is 5.96. The van der Waals surface area contributed by atoms with Crippen LogP contribution < -0.4 is 10.6 Å². The average Bonchev–Trinajstić information content (AvgIpc) is 2.63. The minimum atomic E-state index is -0.658. The number of anilines is 1. The number of ether oxygens (including phenoxy) is 1. The van der Waals surface area contributed by atoms with E-state index in [0.29, 0.717) is 6.42 Å². The first kappa shape index (κ1) is 20.5. The van der Waals surface area contributed by atoms with E-state index in [0.717, 1.165) is 22.4 Å². The molecule has 2 aromatic rings. The Kier molecular flexibility index (Phi) is 7.41. The van der Waals surface area contributed by atoms with Crippen molar-refractivity contribution in [2.24, 2.45) is 5.92 Å². The lowest BCUT2D eigenvalue weighted by atomic mass is 10.0. The Labute approximate surface area is 161 Å².